The summed E-state index contributed by atoms with van der Waals surface area (Å²) in [4.78, 5) is 32.1. The van der Waals surface area contributed by atoms with E-state index in [2.05, 4.69) is 19.6 Å². The predicted octanol–water partition coefficient (Wildman–Crippen LogP) is 3.66. The molecule has 0 spiro atoms. The van der Waals surface area contributed by atoms with E-state index in [9.17, 15) is 31.5 Å². The number of rotatable bonds is 4. The molecule has 0 aromatic carbocycles. The summed E-state index contributed by atoms with van der Waals surface area (Å²) in [5.41, 5.74) is -2.05. The van der Waals surface area contributed by atoms with Crippen LogP contribution >= 0.6 is 0 Å². The molecule has 2 aliphatic rings. The molecule has 0 N–H and O–H groups in total. The number of alkyl halides is 5. The van der Waals surface area contributed by atoms with Crippen LogP contribution in [0.2, 0.25) is 0 Å². The Balaban J connectivity index is 1.84. The molecule has 7 nitrogen and oxygen atoms in total. The lowest BCUT2D eigenvalue weighted by Gasteiger charge is -2.20. The van der Waals surface area contributed by atoms with Crippen molar-refractivity contribution < 1.29 is 31.3 Å². The number of hydrogen-bond acceptors (Lipinski definition) is 6. The van der Waals surface area contributed by atoms with Gasteiger partial charge in [0.15, 0.2) is 0 Å². The van der Waals surface area contributed by atoms with Crippen molar-refractivity contribution in [2.45, 2.75) is 56.5 Å². The molecule has 12 heteroatoms. The summed E-state index contributed by atoms with van der Waals surface area (Å²) in [5, 5.41) is 3.42. The molecular formula is C17H15F5N4O3. The Labute approximate surface area is 159 Å². The van der Waals surface area contributed by atoms with E-state index in [0.29, 0.717) is 36.3 Å². The van der Waals surface area contributed by atoms with Gasteiger partial charge >= 0.3 is 17.9 Å². The van der Waals surface area contributed by atoms with Gasteiger partial charge in [-0.1, -0.05) is 18.0 Å². The van der Waals surface area contributed by atoms with Crippen LogP contribution in [0.5, 0.6) is 0 Å². The second kappa shape index (κ2) is 6.70. The summed E-state index contributed by atoms with van der Waals surface area (Å²) in [6.07, 6.45) is -2.17. The number of halogens is 5. The molecule has 2 fully saturated rings. The second-order valence-corrected chi connectivity index (χ2v) is 7.27. The normalized spacial score (nSPS) is 18.4. The Morgan fingerprint density at radius 1 is 1.07 bits per heavy atom. The van der Waals surface area contributed by atoms with Crippen LogP contribution in [-0.4, -0.2) is 31.8 Å². The van der Waals surface area contributed by atoms with Gasteiger partial charge in [-0.25, -0.2) is 14.8 Å². The Bertz CT molecular complexity index is 1000. The summed E-state index contributed by atoms with van der Waals surface area (Å²) in [5.74, 6) is -8.58. The molecule has 156 valence electrons. The Morgan fingerprint density at radius 3 is 2.31 bits per heavy atom. The highest BCUT2D eigenvalue weighted by atomic mass is 19.4. The number of carbonyl (C=O) groups excluding carboxylic acids is 1. The highest BCUT2D eigenvalue weighted by Crippen LogP contribution is 2.45. The standard InChI is InChI=1S/C17H15F5N4O3/c18-16(19,17(20,21)22)11-7-10(23-12(24-11)8-5-6-8)13-25-29-15(28)26(13)14(27)9-3-1-2-4-9/h7-9H,1-6H2. The highest BCUT2D eigenvalue weighted by Gasteiger charge is 2.60. The van der Waals surface area contributed by atoms with E-state index < -0.39 is 46.9 Å². The smallest absolute Gasteiger partial charge is 0.295 e. The fraction of sp³-hybridized carbons (Fsp3) is 0.588. The Hall–Kier alpha value is -2.66. The molecule has 2 aliphatic carbocycles. The van der Waals surface area contributed by atoms with Crippen LogP contribution in [0.3, 0.4) is 0 Å². The minimum Gasteiger partial charge on any atom is -0.295 e. The van der Waals surface area contributed by atoms with Crippen LogP contribution in [0.15, 0.2) is 15.4 Å². The van der Waals surface area contributed by atoms with E-state index in [1.807, 2.05) is 0 Å². The first-order valence-corrected chi connectivity index (χ1v) is 9.07. The summed E-state index contributed by atoms with van der Waals surface area (Å²) < 4.78 is 71.5. The van der Waals surface area contributed by atoms with Gasteiger partial charge in [0, 0.05) is 11.8 Å². The van der Waals surface area contributed by atoms with Crippen LogP contribution in [0.1, 0.15) is 60.8 Å². The van der Waals surface area contributed by atoms with Gasteiger partial charge in [-0.2, -0.15) is 26.5 Å². The lowest BCUT2D eigenvalue weighted by atomic mass is 10.1. The number of aromatic nitrogens is 4. The fourth-order valence-corrected chi connectivity index (χ4v) is 3.37. The van der Waals surface area contributed by atoms with E-state index in [0.717, 1.165) is 12.8 Å². The average Bonchev–Trinajstić information content (AvgIpc) is 3.22. The van der Waals surface area contributed by atoms with Crippen molar-refractivity contribution in [1.82, 2.24) is 19.7 Å². The van der Waals surface area contributed by atoms with Crippen molar-refractivity contribution in [1.29, 1.82) is 0 Å². The molecular weight excluding hydrogens is 403 g/mol. The minimum atomic E-state index is -5.87. The third kappa shape index (κ3) is 3.44. The summed E-state index contributed by atoms with van der Waals surface area (Å²) >= 11 is 0. The van der Waals surface area contributed by atoms with Gasteiger partial charge < -0.3 is 0 Å². The molecule has 0 amide bonds. The first-order chi connectivity index (χ1) is 13.6. The second-order valence-electron chi connectivity index (χ2n) is 7.27. The van der Waals surface area contributed by atoms with Crippen LogP contribution in [0.4, 0.5) is 22.0 Å². The van der Waals surface area contributed by atoms with Crippen LogP contribution < -0.4 is 5.76 Å². The summed E-state index contributed by atoms with van der Waals surface area (Å²) in [6.45, 7) is 0. The number of hydrogen-bond donors (Lipinski definition) is 0. The third-order valence-corrected chi connectivity index (χ3v) is 5.12. The van der Waals surface area contributed by atoms with Crippen molar-refractivity contribution in [3.8, 4) is 11.5 Å². The number of carbonyl (C=O) groups is 1. The Kier molecular flexibility index (Phi) is 4.54. The van der Waals surface area contributed by atoms with E-state index in [1.165, 1.54) is 0 Å². The molecule has 0 unspecified atom stereocenters. The van der Waals surface area contributed by atoms with Crippen molar-refractivity contribution >= 4 is 5.91 Å². The van der Waals surface area contributed by atoms with E-state index in [1.54, 1.807) is 0 Å². The van der Waals surface area contributed by atoms with Gasteiger partial charge in [0.2, 0.25) is 11.7 Å². The molecule has 0 atom stereocenters. The molecule has 0 radical (unpaired) electrons. The molecule has 2 aromatic rings. The third-order valence-electron chi connectivity index (χ3n) is 5.12. The molecule has 2 saturated carbocycles. The van der Waals surface area contributed by atoms with Crippen LogP contribution in [0, 0.1) is 5.92 Å². The zero-order valence-electron chi connectivity index (χ0n) is 14.9. The van der Waals surface area contributed by atoms with Crippen molar-refractivity contribution in [2.24, 2.45) is 5.92 Å². The first kappa shape index (κ1) is 19.6. The SMILES string of the molecule is O=C(C1CCCC1)n1c(-c2cc(C(F)(F)C(F)(F)F)nc(C3CC3)n2)noc1=O. The zero-order valence-corrected chi connectivity index (χ0v) is 14.9. The summed E-state index contributed by atoms with van der Waals surface area (Å²) in [6, 6.07) is 0.398. The fourth-order valence-electron chi connectivity index (χ4n) is 3.37. The first-order valence-electron chi connectivity index (χ1n) is 9.07. The average molecular weight is 418 g/mol. The topological polar surface area (TPSA) is 90.9 Å². The predicted molar refractivity (Wildman–Crippen MR) is 86.3 cm³/mol. The maximum Gasteiger partial charge on any atom is 0.459 e. The lowest BCUT2D eigenvalue weighted by Crippen LogP contribution is -2.35. The largest absolute Gasteiger partial charge is 0.459 e. The van der Waals surface area contributed by atoms with E-state index in [4.69, 9.17) is 0 Å². The molecule has 4 rings (SSSR count). The van der Waals surface area contributed by atoms with Gasteiger partial charge in [-0.3, -0.25) is 9.32 Å². The minimum absolute atomic E-state index is 0.211. The Morgan fingerprint density at radius 2 is 1.72 bits per heavy atom. The van der Waals surface area contributed by atoms with Crippen LogP contribution in [0.25, 0.3) is 11.5 Å². The molecule has 0 saturated heterocycles. The van der Waals surface area contributed by atoms with Crippen molar-refractivity contribution in [3.05, 3.63) is 28.1 Å². The maximum atomic E-state index is 13.9. The van der Waals surface area contributed by atoms with Gasteiger partial charge in [0.25, 0.3) is 0 Å². The van der Waals surface area contributed by atoms with Crippen LogP contribution in [-0.2, 0) is 5.92 Å². The van der Waals surface area contributed by atoms with Gasteiger partial charge in [0.05, 0.1) is 0 Å². The lowest BCUT2D eigenvalue weighted by molar-refractivity contribution is -0.291. The molecule has 0 aliphatic heterocycles. The molecule has 2 aromatic heterocycles. The maximum absolute atomic E-state index is 13.9. The zero-order chi connectivity index (χ0) is 21.0. The quantitative estimate of drug-likeness (QED) is 0.704. The van der Waals surface area contributed by atoms with Gasteiger partial charge in [-0.15, -0.1) is 0 Å². The van der Waals surface area contributed by atoms with Crippen molar-refractivity contribution in [3.63, 3.8) is 0 Å². The van der Waals surface area contributed by atoms with E-state index >= 15 is 0 Å². The monoisotopic (exact) mass is 418 g/mol. The molecule has 0 bridgehead atoms. The highest BCUT2D eigenvalue weighted by molar-refractivity contribution is 5.84. The molecule has 29 heavy (non-hydrogen) atoms. The van der Waals surface area contributed by atoms with Gasteiger partial charge in [0.1, 0.15) is 17.2 Å². The van der Waals surface area contributed by atoms with Gasteiger partial charge in [-0.05, 0) is 31.7 Å². The van der Waals surface area contributed by atoms with E-state index in [-0.39, 0.29) is 11.7 Å². The number of nitrogens with zero attached hydrogens (tertiary/aromatic N) is 4. The molecule has 2 heterocycles. The van der Waals surface area contributed by atoms with Crippen molar-refractivity contribution in [2.75, 3.05) is 0 Å². The summed E-state index contributed by atoms with van der Waals surface area (Å²) in [7, 11) is 0.